The molecule has 0 aliphatic rings. The fourth-order valence-electron chi connectivity index (χ4n) is 2.58. The average molecular weight is 383 g/mol. The Balaban J connectivity index is 1.56. The van der Waals surface area contributed by atoms with E-state index in [4.69, 9.17) is 9.26 Å². The highest BCUT2D eigenvalue weighted by Gasteiger charge is 2.18. The summed E-state index contributed by atoms with van der Waals surface area (Å²) >= 11 is 0. The van der Waals surface area contributed by atoms with Gasteiger partial charge in [0, 0.05) is 5.56 Å². The second-order valence-corrected chi connectivity index (χ2v) is 6.77. The van der Waals surface area contributed by atoms with Crippen LogP contribution in [-0.4, -0.2) is 22.7 Å². The number of carbonyl (C=O) groups is 1. The Morgan fingerprint density at radius 2 is 1.93 bits per heavy atom. The molecule has 0 bridgehead atoms. The van der Waals surface area contributed by atoms with Crippen molar-refractivity contribution in [3.05, 3.63) is 65.8 Å². The number of amides is 1. The van der Waals surface area contributed by atoms with Crippen molar-refractivity contribution in [1.29, 1.82) is 0 Å². The second kappa shape index (κ2) is 8.65. The molecule has 0 radical (unpaired) electrons. The molecule has 7 heteroatoms. The van der Waals surface area contributed by atoms with Gasteiger partial charge in [-0.15, -0.1) is 0 Å². The fraction of sp³-hybridized carbons (Fsp3) is 0.286. The van der Waals surface area contributed by atoms with E-state index in [-0.39, 0.29) is 24.2 Å². The molecule has 28 heavy (non-hydrogen) atoms. The van der Waals surface area contributed by atoms with Gasteiger partial charge in [0.2, 0.25) is 11.7 Å². The van der Waals surface area contributed by atoms with Gasteiger partial charge in [0.05, 0.1) is 0 Å². The van der Waals surface area contributed by atoms with Crippen LogP contribution in [0.3, 0.4) is 0 Å². The summed E-state index contributed by atoms with van der Waals surface area (Å²) in [5, 5.41) is 6.63. The molecule has 0 aliphatic heterocycles. The summed E-state index contributed by atoms with van der Waals surface area (Å²) in [7, 11) is 0. The molecule has 0 fully saturated rings. The first-order valence-corrected chi connectivity index (χ1v) is 9.04. The van der Waals surface area contributed by atoms with Gasteiger partial charge in [-0.1, -0.05) is 31.1 Å². The number of halogens is 1. The third kappa shape index (κ3) is 4.94. The maximum atomic E-state index is 13.0. The molecule has 0 saturated heterocycles. The van der Waals surface area contributed by atoms with Crippen molar-refractivity contribution in [2.24, 2.45) is 0 Å². The van der Waals surface area contributed by atoms with E-state index in [1.807, 2.05) is 24.3 Å². The predicted octanol–water partition coefficient (Wildman–Crippen LogP) is 4.26. The van der Waals surface area contributed by atoms with Crippen LogP contribution in [0.5, 0.6) is 5.75 Å². The molecule has 1 aromatic heterocycles. The van der Waals surface area contributed by atoms with Gasteiger partial charge in [-0.2, -0.15) is 4.98 Å². The van der Waals surface area contributed by atoms with Crippen molar-refractivity contribution in [2.45, 2.75) is 32.7 Å². The standard InChI is InChI=1S/C21H22FN3O3/c1-13(2)16-5-4-6-18(11-16)27-12-19(26)23-14(3)21-24-20(25-28-21)15-7-9-17(22)10-8-15/h4-11,13-14H,12H2,1-3H3,(H,23,26). The maximum Gasteiger partial charge on any atom is 0.258 e. The normalized spacial score (nSPS) is 12.0. The number of rotatable bonds is 7. The van der Waals surface area contributed by atoms with Gasteiger partial charge in [0.15, 0.2) is 6.61 Å². The number of aromatic nitrogens is 2. The van der Waals surface area contributed by atoms with Crippen LogP contribution in [0.15, 0.2) is 53.1 Å². The van der Waals surface area contributed by atoms with E-state index in [1.54, 1.807) is 19.1 Å². The molecule has 3 aromatic rings. The van der Waals surface area contributed by atoms with Crippen molar-refractivity contribution in [1.82, 2.24) is 15.5 Å². The highest BCUT2D eigenvalue weighted by atomic mass is 19.1. The van der Waals surface area contributed by atoms with Crippen LogP contribution in [0.1, 0.15) is 44.2 Å². The van der Waals surface area contributed by atoms with Crippen LogP contribution in [-0.2, 0) is 4.79 Å². The van der Waals surface area contributed by atoms with Gasteiger partial charge in [-0.25, -0.2) is 4.39 Å². The van der Waals surface area contributed by atoms with Crippen LogP contribution in [0.2, 0.25) is 0 Å². The lowest BCUT2D eigenvalue weighted by Gasteiger charge is -2.12. The first kappa shape index (κ1) is 19.5. The van der Waals surface area contributed by atoms with E-state index < -0.39 is 6.04 Å². The Hall–Kier alpha value is -3.22. The first-order valence-electron chi connectivity index (χ1n) is 9.04. The Kier molecular flexibility index (Phi) is 6.03. The van der Waals surface area contributed by atoms with E-state index in [0.29, 0.717) is 23.1 Å². The van der Waals surface area contributed by atoms with E-state index in [1.165, 1.54) is 12.1 Å². The van der Waals surface area contributed by atoms with Crippen LogP contribution in [0, 0.1) is 5.82 Å². The molecule has 0 aliphatic carbocycles. The average Bonchev–Trinajstić information content (AvgIpc) is 3.17. The van der Waals surface area contributed by atoms with Crippen molar-refractivity contribution >= 4 is 5.91 Å². The highest BCUT2D eigenvalue weighted by Crippen LogP contribution is 2.21. The Bertz CT molecular complexity index is 938. The zero-order valence-corrected chi connectivity index (χ0v) is 16.0. The molecule has 6 nitrogen and oxygen atoms in total. The minimum absolute atomic E-state index is 0.120. The molecular weight excluding hydrogens is 361 g/mol. The van der Waals surface area contributed by atoms with Crippen LogP contribution in [0.25, 0.3) is 11.4 Å². The molecule has 1 atom stereocenters. The summed E-state index contributed by atoms with van der Waals surface area (Å²) in [4.78, 5) is 16.4. The van der Waals surface area contributed by atoms with Crippen molar-refractivity contribution in [3.8, 4) is 17.1 Å². The molecule has 1 unspecified atom stereocenters. The SMILES string of the molecule is CC(C)c1cccc(OCC(=O)NC(C)c2nc(-c3ccc(F)cc3)no2)c1. The van der Waals surface area contributed by atoms with Crippen molar-refractivity contribution < 1.29 is 18.4 Å². The molecule has 3 rings (SSSR count). The first-order chi connectivity index (χ1) is 13.4. The van der Waals surface area contributed by atoms with Crippen molar-refractivity contribution in [2.75, 3.05) is 6.61 Å². The second-order valence-electron chi connectivity index (χ2n) is 6.77. The Morgan fingerprint density at radius 3 is 2.64 bits per heavy atom. The van der Waals surface area contributed by atoms with Crippen molar-refractivity contribution in [3.63, 3.8) is 0 Å². The zero-order chi connectivity index (χ0) is 20.1. The summed E-state index contributed by atoms with van der Waals surface area (Å²) < 4.78 is 23.8. The smallest absolute Gasteiger partial charge is 0.258 e. The summed E-state index contributed by atoms with van der Waals surface area (Å²) in [5.74, 6) is 0.971. The molecular formula is C21H22FN3O3. The number of nitrogens with zero attached hydrogens (tertiary/aromatic N) is 2. The lowest BCUT2D eigenvalue weighted by atomic mass is 10.0. The van der Waals surface area contributed by atoms with Crippen LogP contribution in [0.4, 0.5) is 4.39 Å². The molecule has 1 N–H and O–H groups in total. The van der Waals surface area contributed by atoms with Gasteiger partial charge in [0.1, 0.15) is 17.6 Å². The quantitative estimate of drug-likeness (QED) is 0.660. The third-order valence-corrected chi connectivity index (χ3v) is 4.19. The van der Waals surface area contributed by atoms with Gasteiger partial charge in [-0.05, 0) is 54.8 Å². The zero-order valence-electron chi connectivity index (χ0n) is 16.0. The summed E-state index contributed by atoms with van der Waals surface area (Å²) in [6.07, 6.45) is 0. The Labute approximate surface area is 162 Å². The maximum absolute atomic E-state index is 13.0. The minimum atomic E-state index is -0.486. The fourth-order valence-corrected chi connectivity index (χ4v) is 2.58. The molecule has 1 heterocycles. The molecule has 0 saturated carbocycles. The monoisotopic (exact) mass is 383 g/mol. The summed E-state index contributed by atoms with van der Waals surface area (Å²) in [6, 6.07) is 12.9. The van der Waals surface area contributed by atoms with E-state index >= 15 is 0 Å². The lowest BCUT2D eigenvalue weighted by Crippen LogP contribution is -2.31. The number of carbonyl (C=O) groups excluding carboxylic acids is 1. The molecule has 2 aromatic carbocycles. The molecule has 0 spiro atoms. The van der Waals surface area contributed by atoms with E-state index in [2.05, 4.69) is 29.3 Å². The van der Waals surface area contributed by atoms with Crippen LogP contribution < -0.4 is 10.1 Å². The topological polar surface area (TPSA) is 77.2 Å². The number of hydrogen-bond donors (Lipinski definition) is 1. The number of benzene rings is 2. The van der Waals surface area contributed by atoms with Gasteiger partial charge in [-0.3, -0.25) is 4.79 Å². The van der Waals surface area contributed by atoms with E-state index in [9.17, 15) is 9.18 Å². The Morgan fingerprint density at radius 1 is 1.18 bits per heavy atom. The summed E-state index contributed by atoms with van der Waals surface area (Å²) in [6.45, 7) is 5.81. The lowest BCUT2D eigenvalue weighted by molar-refractivity contribution is -0.123. The summed E-state index contributed by atoms with van der Waals surface area (Å²) in [5.41, 5.74) is 1.77. The molecule has 1 amide bonds. The van der Waals surface area contributed by atoms with Crippen LogP contribution >= 0.6 is 0 Å². The number of ether oxygens (including phenoxy) is 1. The highest BCUT2D eigenvalue weighted by molar-refractivity contribution is 5.77. The van der Waals surface area contributed by atoms with E-state index in [0.717, 1.165) is 5.56 Å². The van der Waals surface area contributed by atoms with Gasteiger partial charge >= 0.3 is 0 Å². The van der Waals surface area contributed by atoms with Gasteiger partial charge in [0.25, 0.3) is 5.91 Å². The predicted molar refractivity (Wildman–Crippen MR) is 102 cm³/mol. The van der Waals surface area contributed by atoms with Gasteiger partial charge < -0.3 is 14.6 Å². The number of hydrogen-bond acceptors (Lipinski definition) is 5. The minimum Gasteiger partial charge on any atom is -0.484 e. The number of nitrogens with one attached hydrogen (secondary N) is 1. The molecule has 146 valence electrons. The largest absolute Gasteiger partial charge is 0.484 e. The third-order valence-electron chi connectivity index (χ3n) is 4.19.